The van der Waals surface area contributed by atoms with Gasteiger partial charge in [-0.3, -0.25) is 4.79 Å². The van der Waals surface area contributed by atoms with E-state index >= 15 is 0 Å². The van der Waals surface area contributed by atoms with Gasteiger partial charge >= 0.3 is 5.97 Å². The number of carboxylic acids is 1. The monoisotopic (exact) mass is 265 g/mol. The van der Waals surface area contributed by atoms with Crippen LogP contribution in [0, 0.1) is 6.92 Å². The molecule has 106 valence electrons. The second kappa shape index (κ2) is 7.79. The zero-order valence-corrected chi connectivity index (χ0v) is 11.9. The highest BCUT2D eigenvalue weighted by atomic mass is 16.5. The zero-order valence-electron chi connectivity index (χ0n) is 11.9. The molecule has 0 amide bonds. The van der Waals surface area contributed by atoms with Crippen molar-refractivity contribution < 1.29 is 14.6 Å². The van der Waals surface area contributed by atoms with Gasteiger partial charge in [0.15, 0.2) is 0 Å². The lowest BCUT2D eigenvalue weighted by atomic mass is 10.1. The predicted octanol–water partition coefficient (Wildman–Crippen LogP) is 2.70. The lowest BCUT2D eigenvalue weighted by molar-refractivity contribution is -0.136. The Kier molecular flexibility index (Phi) is 6.36. The first-order valence-corrected chi connectivity index (χ1v) is 6.63. The van der Waals surface area contributed by atoms with Gasteiger partial charge in [-0.25, -0.2) is 0 Å². The van der Waals surface area contributed by atoms with Crippen molar-refractivity contribution in [3.05, 3.63) is 29.8 Å². The number of methoxy groups -OCH3 is 1. The minimum absolute atomic E-state index is 0.133. The summed E-state index contributed by atoms with van der Waals surface area (Å²) < 4.78 is 5.25. The number of benzene rings is 1. The standard InChI is InChI=1S/C15H23NO3/c1-4-13(11-19-3)16(10-9-15(17)18)14-8-6-5-7-12(14)2/h5-8,13H,4,9-11H2,1-3H3,(H,17,18). The van der Waals surface area contributed by atoms with E-state index < -0.39 is 5.97 Å². The summed E-state index contributed by atoms with van der Waals surface area (Å²) in [5, 5.41) is 8.91. The van der Waals surface area contributed by atoms with E-state index in [0.717, 1.165) is 17.7 Å². The highest BCUT2D eigenvalue weighted by Gasteiger charge is 2.19. The van der Waals surface area contributed by atoms with Gasteiger partial charge in [-0.1, -0.05) is 25.1 Å². The number of para-hydroxylation sites is 1. The van der Waals surface area contributed by atoms with Crippen LogP contribution < -0.4 is 4.90 Å². The molecule has 0 saturated carbocycles. The Labute approximate surface area is 115 Å². The molecule has 19 heavy (non-hydrogen) atoms. The molecule has 0 aliphatic heterocycles. The van der Waals surface area contributed by atoms with E-state index in [4.69, 9.17) is 9.84 Å². The SMILES string of the molecule is CCC(COC)N(CCC(=O)O)c1ccccc1C. The molecule has 1 rings (SSSR count). The number of anilines is 1. The van der Waals surface area contributed by atoms with Gasteiger partial charge in [0.25, 0.3) is 0 Å². The lowest BCUT2D eigenvalue weighted by Crippen LogP contribution is -2.40. The van der Waals surface area contributed by atoms with Crippen LogP contribution in [0.3, 0.4) is 0 Å². The maximum absolute atomic E-state index is 10.8. The van der Waals surface area contributed by atoms with Gasteiger partial charge < -0.3 is 14.7 Å². The quantitative estimate of drug-likeness (QED) is 0.785. The van der Waals surface area contributed by atoms with Crippen molar-refractivity contribution in [3.8, 4) is 0 Å². The molecule has 0 fully saturated rings. The van der Waals surface area contributed by atoms with Gasteiger partial charge in [-0.05, 0) is 25.0 Å². The molecule has 4 heteroatoms. The fourth-order valence-corrected chi connectivity index (χ4v) is 2.22. The molecule has 0 heterocycles. The van der Waals surface area contributed by atoms with Gasteiger partial charge in [-0.2, -0.15) is 0 Å². The highest BCUT2D eigenvalue weighted by Crippen LogP contribution is 2.23. The van der Waals surface area contributed by atoms with Crippen molar-refractivity contribution in [1.82, 2.24) is 0 Å². The Balaban J connectivity index is 2.96. The van der Waals surface area contributed by atoms with E-state index in [1.54, 1.807) is 7.11 Å². The Bertz CT molecular complexity index is 406. The summed E-state index contributed by atoms with van der Waals surface area (Å²) in [5.74, 6) is -0.772. The van der Waals surface area contributed by atoms with Crippen molar-refractivity contribution in [1.29, 1.82) is 0 Å². The average Bonchev–Trinajstić information content (AvgIpc) is 2.39. The van der Waals surface area contributed by atoms with Crippen molar-refractivity contribution >= 4 is 11.7 Å². The van der Waals surface area contributed by atoms with Gasteiger partial charge in [-0.15, -0.1) is 0 Å². The third-order valence-electron chi connectivity index (χ3n) is 3.26. The van der Waals surface area contributed by atoms with Crippen LogP contribution in [0.4, 0.5) is 5.69 Å². The predicted molar refractivity (Wildman–Crippen MR) is 76.7 cm³/mol. The zero-order chi connectivity index (χ0) is 14.3. The molecule has 0 saturated heterocycles. The minimum atomic E-state index is -0.772. The molecule has 4 nitrogen and oxygen atoms in total. The van der Waals surface area contributed by atoms with Crippen LogP contribution in [0.2, 0.25) is 0 Å². The number of nitrogens with zero attached hydrogens (tertiary/aromatic N) is 1. The van der Waals surface area contributed by atoms with Crippen molar-refractivity contribution in [2.75, 3.05) is 25.2 Å². The number of ether oxygens (including phenoxy) is 1. The molecule has 0 bridgehead atoms. The Morgan fingerprint density at radius 1 is 1.42 bits per heavy atom. The summed E-state index contributed by atoms with van der Waals surface area (Å²) >= 11 is 0. The number of hydrogen-bond donors (Lipinski definition) is 1. The van der Waals surface area contributed by atoms with Gasteiger partial charge in [0.2, 0.25) is 0 Å². The summed E-state index contributed by atoms with van der Waals surface area (Å²) in [6.07, 6.45) is 1.05. The number of hydrogen-bond acceptors (Lipinski definition) is 3. The minimum Gasteiger partial charge on any atom is -0.481 e. The van der Waals surface area contributed by atoms with Gasteiger partial charge in [0.05, 0.1) is 19.1 Å². The molecular formula is C15H23NO3. The van der Waals surface area contributed by atoms with E-state index in [2.05, 4.69) is 11.8 Å². The van der Waals surface area contributed by atoms with Crippen LogP contribution in [0.1, 0.15) is 25.3 Å². The molecule has 0 radical (unpaired) electrons. The number of aryl methyl sites for hydroxylation is 1. The molecule has 0 aliphatic carbocycles. The molecule has 0 aromatic heterocycles. The second-order valence-electron chi connectivity index (χ2n) is 4.64. The van der Waals surface area contributed by atoms with Crippen LogP contribution in [-0.2, 0) is 9.53 Å². The Morgan fingerprint density at radius 2 is 2.11 bits per heavy atom. The molecule has 0 aliphatic rings. The number of carbonyl (C=O) groups is 1. The van der Waals surface area contributed by atoms with Crippen molar-refractivity contribution in [3.63, 3.8) is 0 Å². The lowest BCUT2D eigenvalue weighted by Gasteiger charge is -2.33. The molecule has 1 aromatic carbocycles. The molecule has 1 atom stereocenters. The maximum Gasteiger partial charge on any atom is 0.305 e. The first-order valence-electron chi connectivity index (χ1n) is 6.63. The molecular weight excluding hydrogens is 242 g/mol. The average molecular weight is 265 g/mol. The first kappa shape index (κ1) is 15.5. The van der Waals surface area contributed by atoms with E-state index in [0.29, 0.717) is 13.2 Å². The topological polar surface area (TPSA) is 49.8 Å². The highest BCUT2D eigenvalue weighted by molar-refractivity contribution is 5.68. The van der Waals surface area contributed by atoms with Crippen LogP contribution >= 0.6 is 0 Å². The largest absolute Gasteiger partial charge is 0.481 e. The summed E-state index contributed by atoms with van der Waals surface area (Å²) in [6.45, 7) is 5.24. The van der Waals surface area contributed by atoms with E-state index in [9.17, 15) is 4.79 Å². The van der Waals surface area contributed by atoms with Gasteiger partial charge in [0, 0.05) is 19.3 Å². The smallest absolute Gasteiger partial charge is 0.305 e. The fraction of sp³-hybridized carbons (Fsp3) is 0.533. The van der Waals surface area contributed by atoms with Crippen LogP contribution in [-0.4, -0.2) is 37.4 Å². The van der Waals surface area contributed by atoms with E-state index in [-0.39, 0.29) is 12.5 Å². The second-order valence-corrected chi connectivity index (χ2v) is 4.64. The fourth-order valence-electron chi connectivity index (χ4n) is 2.22. The van der Waals surface area contributed by atoms with E-state index in [1.165, 1.54) is 0 Å². The van der Waals surface area contributed by atoms with Gasteiger partial charge in [0.1, 0.15) is 0 Å². The third kappa shape index (κ3) is 4.56. The molecule has 0 spiro atoms. The molecule has 1 aromatic rings. The van der Waals surface area contributed by atoms with Crippen molar-refractivity contribution in [2.24, 2.45) is 0 Å². The molecule has 1 N–H and O–H groups in total. The van der Waals surface area contributed by atoms with Crippen LogP contribution in [0.15, 0.2) is 24.3 Å². The van der Waals surface area contributed by atoms with Crippen LogP contribution in [0.25, 0.3) is 0 Å². The normalized spacial score (nSPS) is 12.2. The molecule has 1 unspecified atom stereocenters. The summed E-state index contributed by atoms with van der Waals surface area (Å²) in [4.78, 5) is 13.0. The van der Waals surface area contributed by atoms with Crippen LogP contribution in [0.5, 0.6) is 0 Å². The summed E-state index contributed by atoms with van der Waals surface area (Å²) in [6, 6.07) is 8.25. The Morgan fingerprint density at radius 3 is 2.63 bits per heavy atom. The maximum atomic E-state index is 10.8. The summed E-state index contributed by atoms with van der Waals surface area (Å²) in [7, 11) is 1.68. The summed E-state index contributed by atoms with van der Waals surface area (Å²) in [5.41, 5.74) is 2.25. The first-order chi connectivity index (χ1) is 9.10. The Hall–Kier alpha value is -1.55. The van der Waals surface area contributed by atoms with E-state index in [1.807, 2.05) is 31.2 Å². The number of aliphatic carboxylic acids is 1. The third-order valence-corrected chi connectivity index (χ3v) is 3.26. The number of carboxylic acid groups (broad SMARTS) is 1. The number of rotatable bonds is 8. The van der Waals surface area contributed by atoms with Crippen molar-refractivity contribution in [2.45, 2.75) is 32.7 Å².